The Kier molecular flexibility index (Phi) is 3.64. The van der Waals surface area contributed by atoms with Crippen LogP contribution in [0.5, 0.6) is 5.75 Å². The topological polar surface area (TPSA) is 9.23 Å². The molecule has 0 fully saturated rings. The second-order valence-electron chi connectivity index (χ2n) is 3.52. The van der Waals surface area contributed by atoms with Crippen LogP contribution in [-0.2, 0) is 6.61 Å². The maximum absolute atomic E-state index is 13.3. The van der Waals surface area contributed by atoms with Crippen molar-refractivity contribution in [3.8, 4) is 5.75 Å². The van der Waals surface area contributed by atoms with Gasteiger partial charge in [-0.05, 0) is 30.3 Å². The normalized spacial score (nSPS) is 10.3. The average molecular weight is 252 g/mol. The predicted molar refractivity (Wildman–Crippen MR) is 64.4 cm³/mol. The fourth-order valence-corrected chi connectivity index (χ4v) is 1.59. The summed E-state index contributed by atoms with van der Waals surface area (Å²) in [5.41, 5.74) is 0.316. The highest BCUT2D eigenvalue weighted by molar-refractivity contribution is 7.80. The van der Waals surface area contributed by atoms with Crippen molar-refractivity contribution in [2.24, 2.45) is 0 Å². The summed E-state index contributed by atoms with van der Waals surface area (Å²) in [5.74, 6) is -0.600. The molecule has 0 aromatic heterocycles. The van der Waals surface area contributed by atoms with E-state index in [0.29, 0.717) is 11.3 Å². The molecule has 0 N–H and O–H groups in total. The molecule has 0 heterocycles. The lowest BCUT2D eigenvalue weighted by molar-refractivity contribution is 0.299. The SMILES string of the molecule is Fc1ccc(COc2cccc(S)c2)c(F)c1. The number of ether oxygens (including phenoxy) is 1. The minimum absolute atomic E-state index is 0.0589. The van der Waals surface area contributed by atoms with Crippen LogP contribution >= 0.6 is 12.6 Å². The van der Waals surface area contributed by atoms with Crippen molar-refractivity contribution in [3.63, 3.8) is 0 Å². The number of benzene rings is 2. The first-order chi connectivity index (χ1) is 8.15. The Labute approximate surface area is 103 Å². The summed E-state index contributed by atoms with van der Waals surface area (Å²) < 4.78 is 31.4. The van der Waals surface area contributed by atoms with Crippen molar-refractivity contribution in [3.05, 3.63) is 59.7 Å². The molecule has 0 unspecified atom stereocenters. The number of hydrogen-bond acceptors (Lipinski definition) is 2. The number of thiol groups is 1. The molecule has 0 aliphatic heterocycles. The van der Waals surface area contributed by atoms with E-state index in [9.17, 15) is 8.78 Å². The van der Waals surface area contributed by atoms with Crippen LogP contribution in [0.3, 0.4) is 0 Å². The first-order valence-corrected chi connectivity index (χ1v) is 5.45. The predicted octanol–water partition coefficient (Wildman–Crippen LogP) is 3.83. The van der Waals surface area contributed by atoms with Crippen LogP contribution in [0, 0.1) is 11.6 Å². The number of halogens is 2. The Bertz CT molecular complexity index is 529. The lowest BCUT2D eigenvalue weighted by atomic mass is 10.2. The second kappa shape index (κ2) is 5.19. The Morgan fingerprint density at radius 3 is 2.59 bits per heavy atom. The molecule has 0 bridgehead atoms. The van der Waals surface area contributed by atoms with Gasteiger partial charge in [0.05, 0.1) is 0 Å². The highest BCUT2D eigenvalue weighted by Gasteiger charge is 2.04. The summed E-state index contributed by atoms with van der Waals surface area (Å²) >= 11 is 4.16. The van der Waals surface area contributed by atoms with Crippen LogP contribution < -0.4 is 4.74 Å². The van der Waals surface area contributed by atoms with Crippen molar-refractivity contribution in [1.82, 2.24) is 0 Å². The average Bonchev–Trinajstić information content (AvgIpc) is 2.28. The van der Waals surface area contributed by atoms with Crippen LogP contribution in [0.2, 0.25) is 0 Å². The van der Waals surface area contributed by atoms with E-state index < -0.39 is 11.6 Å². The van der Waals surface area contributed by atoms with Crippen LogP contribution in [0.15, 0.2) is 47.4 Å². The fourth-order valence-electron chi connectivity index (χ4n) is 1.37. The molecule has 2 aromatic carbocycles. The van der Waals surface area contributed by atoms with Crippen molar-refractivity contribution in [1.29, 1.82) is 0 Å². The number of rotatable bonds is 3. The van der Waals surface area contributed by atoms with Gasteiger partial charge in [0.1, 0.15) is 24.0 Å². The zero-order chi connectivity index (χ0) is 12.3. The Hall–Kier alpha value is -1.55. The quantitative estimate of drug-likeness (QED) is 0.817. The van der Waals surface area contributed by atoms with E-state index in [1.54, 1.807) is 18.2 Å². The zero-order valence-corrected chi connectivity index (χ0v) is 9.75. The highest BCUT2D eigenvalue weighted by atomic mass is 32.1. The van der Waals surface area contributed by atoms with Gasteiger partial charge in [-0.2, -0.15) is 0 Å². The third kappa shape index (κ3) is 3.20. The van der Waals surface area contributed by atoms with E-state index in [0.717, 1.165) is 11.0 Å². The molecule has 0 aliphatic rings. The van der Waals surface area contributed by atoms with Gasteiger partial charge in [0, 0.05) is 16.5 Å². The van der Waals surface area contributed by atoms with Gasteiger partial charge in [-0.15, -0.1) is 12.6 Å². The zero-order valence-electron chi connectivity index (χ0n) is 8.86. The van der Waals surface area contributed by atoms with E-state index in [4.69, 9.17) is 4.74 Å². The molecule has 4 heteroatoms. The van der Waals surface area contributed by atoms with E-state index in [-0.39, 0.29) is 6.61 Å². The molecular weight excluding hydrogens is 242 g/mol. The molecule has 88 valence electrons. The molecule has 1 nitrogen and oxygen atoms in total. The maximum atomic E-state index is 13.3. The summed E-state index contributed by atoms with van der Waals surface area (Å²) in [6.45, 7) is 0.0589. The van der Waals surface area contributed by atoms with Gasteiger partial charge in [-0.25, -0.2) is 8.78 Å². The minimum atomic E-state index is -0.605. The molecule has 0 spiro atoms. The standard InChI is InChI=1S/C13H10F2OS/c14-10-5-4-9(13(15)6-10)8-16-11-2-1-3-12(17)7-11/h1-7,17H,8H2. The van der Waals surface area contributed by atoms with Gasteiger partial charge in [0.15, 0.2) is 0 Å². The van der Waals surface area contributed by atoms with Gasteiger partial charge >= 0.3 is 0 Å². The molecule has 17 heavy (non-hydrogen) atoms. The third-order valence-electron chi connectivity index (χ3n) is 2.23. The molecule has 0 atom stereocenters. The molecule has 2 rings (SSSR count). The van der Waals surface area contributed by atoms with Crippen LogP contribution in [0.25, 0.3) is 0 Å². The van der Waals surface area contributed by atoms with Crippen molar-refractivity contribution >= 4 is 12.6 Å². The minimum Gasteiger partial charge on any atom is -0.489 e. The van der Waals surface area contributed by atoms with Crippen molar-refractivity contribution < 1.29 is 13.5 Å². The molecular formula is C13H10F2OS. The van der Waals surface area contributed by atoms with Crippen molar-refractivity contribution in [2.75, 3.05) is 0 Å². The molecule has 2 aromatic rings. The first kappa shape index (κ1) is 11.9. The Morgan fingerprint density at radius 2 is 1.88 bits per heavy atom. The summed E-state index contributed by atoms with van der Waals surface area (Å²) in [6.07, 6.45) is 0. The van der Waals surface area contributed by atoms with Gasteiger partial charge < -0.3 is 4.74 Å². The van der Waals surface area contributed by atoms with Gasteiger partial charge in [-0.1, -0.05) is 6.07 Å². The molecule has 0 saturated carbocycles. The Morgan fingerprint density at radius 1 is 1.06 bits per heavy atom. The molecule has 0 aliphatic carbocycles. The first-order valence-electron chi connectivity index (χ1n) is 5.01. The van der Waals surface area contributed by atoms with Gasteiger partial charge in [0.25, 0.3) is 0 Å². The summed E-state index contributed by atoms with van der Waals surface area (Å²) in [7, 11) is 0. The summed E-state index contributed by atoms with van der Waals surface area (Å²) in [4.78, 5) is 0.766. The van der Waals surface area contributed by atoms with Gasteiger partial charge in [0.2, 0.25) is 0 Å². The molecule has 0 radical (unpaired) electrons. The van der Waals surface area contributed by atoms with Crippen LogP contribution in [0.1, 0.15) is 5.56 Å². The monoisotopic (exact) mass is 252 g/mol. The third-order valence-corrected chi connectivity index (χ3v) is 2.51. The van der Waals surface area contributed by atoms with E-state index in [1.165, 1.54) is 12.1 Å². The molecule has 0 saturated heterocycles. The lowest BCUT2D eigenvalue weighted by Crippen LogP contribution is -1.98. The lowest BCUT2D eigenvalue weighted by Gasteiger charge is -2.07. The van der Waals surface area contributed by atoms with E-state index >= 15 is 0 Å². The van der Waals surface area contributed by atoms with Crippen LogP contribution in [0.4, 0.5) is 8.78 Å². The van der Waals surface area contributed by atoms with E-state index in [2.05, 4.69) is 12.6 Å². The highest BCUT2D eigenvalue weighted by Crippen LogP contribution is 2.18. The summed E-state index contributed by atoms with van der Waals surface area (Å²) in [6, 6.07) is 10.5. The van der Waals surface area contributed by atoms with Gasteiger partial charge in [-0.3, -0.25) is 0 Å². The summed E-state index contributed by atoms with van der Waals surface area (Å²) in [5, 5.41) is 0. The Balaban J connectivity index is 2.07. The smallest absolute Gasteiger partial charge is 0.132 e. The second-order valence-corrected chi connectivity index (χ2v) is 4.04. The van der Waals surface area contributed by atoms with Crippen molar-refractivity contribution in [2.45, 2.75) is 11.5 Å². The fraction of sp³-hybridized carbons (Fsp3) is 0.0769. The molecule has 0 amide bonds. The van der Waals surface area contributed by atoms with Crippen LogP contribution in [-0.4, -0.2) is 0 Å². The maximum Gasteiger partial charge on any atom is 0.132 e. The van der Waals surface area contributed by atoms with E-state index in [1.807, 2.05) is 6.07 Å². The number of hydrogen-bond donors (Lipinski definition) is 1. The largest absolute Gasteiger partial charge is 0.489 e.